The molecule has 45 heavy (non-hydrogen) atoms. The maximum absolute atomic E-state index is 13.1. The van der Waals surface area contributed by atoms with Crippen LogP contribution in [0, 0.1) is 0 Å². The van der Waals surface area contributed by atoms with Crippen LogP contribution in [-0.2, 0) is 16.0 Å². The van der Waals surface area contributed by atoms with Gasteiger partial charge in [0, 0.05) is 39.9 Å². The van der Waals surface area contributed by atoms with Crippen LogP contribution in [0.25, 0.3) is 6.08 Å². The predicted molar refractivity (Wildman–Crippen MR) is 179 cm³/mol. The Morgan fingerprint density at radius 3 is 2.20 bits per heavy atom. The van der Waals surface area contributed by atoms with Gasteiger partial charge in [-0.05, 0) is 59.5 Å². The molecule has 0 bridgehead atoms. The molecule has 1 atom stereocenters. The highest BCUT2D eigenvalue weighted by molar-refractivity contribution is 7.10. The zero-order valence-electron chi connectivity index (χ0n) is 24.4. The Morgan fingerprint density at radius 1 is 0.822 bits per heavy atom. The van der Waals surface area contributed by atoms with E-state index in [-0.39, 0.29) is 24.7 Å². The number of amides is 1. The lowest BCUT2D eigenvalue weighted by Gasteiger charge is -2.21. The van der Waals surface area contributed by atoms with Crippen molar-refractivity contribution in [2.24, 2.45) is 0 Å². The molecule has 0 radical (unpaired) electrons. The molecule has 0 saturated carbocycles. The first-order chi connectivity index (χ1) is 22.0. The van der Waals surface area contributed by atoms with Gasteiger partial charge in [0.05, 0.1) is 6.54 Å². The normalized spacial score (nSPS) is 11.6. The van der Waals surface area contributed by atoms with E-state index in [1.807, 2.05) is 72.1 Å². The number of hydrogen-bond acceptors (Lipinski definition) is 6. The number of thiophene rings is 1. The summed E-state index contributed by atoms with van der Waals surface area (Å²) in [6.07, 6.45) is 3.56. The number of carbonyl (C=O) groups excluding carboxylic acids is 2. The van der Waals surface area contributed by atoms with E-state index in [2.05, 4.69) is 5.32 Å². The molecule has 226 valence electrons. The van der Waals surface area contributed by atoms with Gasteiger partial charge in [-0.25, -0.2) is 4.79 Å². The standard InChI is InChI=1S/C37H32N2O5S/c40-35(22-21-31-14-9-25-45-31)39(29-12-5-2-6-13-29)23-24-44-30-19-17-27(18-20-30)26-34(37(42)43)38-33-16-8-7-15-32(33)36(41)28-10-3-1-4-11-28/h1-22,25,34,38H,23-24,26H2,(H,42,43)/t34-/m0/s1. The molecule has 1 amide bonds. The molecule has 4 aromatic carbocycles. The summed E-state index contributed by atoms with van der Waals surface area (Å²) in [6, 6.07) is 35.4. The Morgan fingerprint density at radius 2 is 1.51 bits per heavy atom. The Kier molecular flexibility index (Phi) is 10.5. The van der Waals surface area contributed by atoms with Crippen LogP contribution in [0.1, 0.15) is 26.4 Å². The number of ether oxygens (including phenoxy) is 1. The third-order valence-electron chi connectivity index (χ3n) is 7.05. The van der Waals surface area contributed by atoms with E-state index in [9.17, 15) is 19.5 Å². The van der Waals surface area contributed by atoms with Crippen LogP contribution < -0.4 is 15.0 Å². The lowest BCUT2D eigenvalue weighted by molar-refractivity contribution is -0.137. The Bertz CT molecular complexity index is 1740. The number of carboxylic acid groups (broad SMARTS) is 1. The highest BCUT2D eigenvalue weighted by Gasteiger charge is 2.21. The van der Waals surface area contributed by atoms with Crippen molar-refractivity contribution >= 4 is 46.4 Å². The number of benzene rings is 4. The number of rotatable bonds is 14. The van der Waals surface area contributed by atoms with Crippen molar-refractivity contribution in [2.75, 3.05) is 23.4 Å². The van der Waals surface area contributed by atoms with E-state index in [0.29, 0.717) is 29.1 Å². The summed E-state index contributed by atoms with van der Waals surface area (Å²) in [6.45, 7) is 0.601. The van der Waals surface area contributed by atoms with E-state index in [0.717, 1.165) is 16.1 Å². The minimum atomic E-state index is -1.03. The van der Waals surface area contributed by atoms with Gasteiger partial charge in [-0.2, -0.15) is 0 Å². The molecule has 0 aliphatic carbocycles. The SMILES string of the molecule is O=C(c1ccccc1)c1ccccc1N[C@@H](Cc1ccc(OCCN(C(=O)C=Cc2cccs2)c2ccccc2)cc1)C(=O)O. The smallest absolute Gasteiger partial charge is 0.326 e. The molecule has 0 saturated heterocycles. The first-order valence-corrected chi connectivity index (χ1v) is 15.3. The van der Waals surface area contributed by atoms with E-state index in [4.69, 9.17) is 4.74 Å². The number of para-hydroxylation sites is 2. The van der Waals surface area contributed by atoms with E-state index >= 15 is 0 Å². The summed E-state index contributed by atoms with van der Waals surface area (Å²) in [5.41, 5.74) is 2.95. The van der Waals surface area contributed by atoms with Gasteiger partial charge in [0.2, 0.25) is 0 Å². The fourth-order valence-electron chi connectivity index (χ4n) is 4.76. The van der Waals surface area contributed by atoms with Crippen LogP contribution in [0.3, 0.4) is 0 Å². The van der Waals surface area contributed by atoms with Crippen LogP contribution in [0.4, 0.5) is 11.4 Å². The lowest BCUT2D eigenvalue weighted by Crippen LogP contribution is -2.33. The highest BCUT2D eigenvalue weighted by atomic mass is 32.1. The molecule has 0 aliphatic rings. The van der Waals surface area contributed by atoms with Gasteiger partial charge >= 0.3 is 5.97 Å². The maximum Gasteiger partial charge on any atom is 0.326 e. The number of aliphatic carboxylic acids is 1. The van der Waals surface area contributed by atoms with Gasteiger partial charge in [-0.1, -0.05) is 78.9 Å². The molecule has 5 rings (SSSR count). The zero-order valence-corrected chi connectivity index (χ0v) is 25.2. The molecular weight excluding hydrogens is 584 g/mol. The monoisotopic (exact) mass is 616 g/mol. The topological polar surface area (TPSA) is 95.9 Å². The summed E-state index contributed by atoms with van der Waals surface area (Å²) < 4.78 is 5.96. The number of anilines is 2. The fourth-order valence-corrected chi connectivity index (χ4v) is 5.37. The molecule has 1 aromatic heterocycles. The van der Waals surface area contributed by atoms with Crippen molar-refractivity contribution in [1.82, 2.24) is 0 Å². The van der Waals surface area contributed by atoms with Crippen LogP contribution in [0.15, 0.2) is 133 Å². The Balaban J connectivity index is 1.20. The van der Waals surface area contributed by atoms with Crippen molar-refractivity contribution in [2.45, 2.75) is 12.5 Å². The molecule has 0 spiro atoms. The summed E-state index contributed by atoms with van der Waals surface area (Å²) in [7, 11) is 0. The predicted octanol–water partition coefficient (Wildman–Crippen LogP) is 7.21. The van der Waals surface area contributed by atoms with Gasteiger partial charge in [0.15, 0.2) is 5.78 Å². The minimum Gasteiger partial charge on any atom is -0.492 e. The molecule has 5 aromatic rings. The van der Waals surface area contributed by atoms with Gasteiger partial charge in [-0.15, -0.1) is 11.3 Å². The van der Waals surface area contributed by atoms with Crippen LogP contribution >= 0.6 is 11.3 Å². The minimum absolute atomic E-state index is 0.146. The molecular formula is C37H32N2O5S. The van der Waals surface area contributed by atoms with Gasteiger partial charge in [0.25, 0.3) is 5.91 Å². The molecule has 0 aliphatic heterocycles. The van der Waals surface area contributed by atoms with Crippen LogP contribution in [0.5, 0.6) is 5.75 Å². The van der Waals surface area contributed by atoms with Crippen molar-refractivity contribution in [3.63, 3.8) is 0 Å². The lowest BCUT2D eigenvalue weighted by atomic mass is 10.00. The third-order valence-corrected chi connectivity index (χ3v) is 7.89. The number of nitrogens with one attached hydrogen (secondary N) is 1. The summed E-state index contributed by atoms with van der Waals surface area (Å²) in [5.74, 6) is -0.758. The van der Waals surface area contributed by atoms with Crippen LogP contribution in [-0.4, -0.2) is 42.0 Å². The van der Waals surface area contributed by atoms with Gasteiger partial charge < -0.3 is 20.1 Å². The number of carboxylic acids is 1. The Labute approximate surface area is 266 Å². The summed E-state index contributed by atoms with van der Waals surface area (Å²) in [4.78, 5) is 41.1. The molecule has 0 fully saturated rings. The summed E-state index contributed by atoms with van der Waals surface area (Å²) in [5, 5.41) is 15.0. The second kappa shape index (κ2) is 15.3. The highest BCUT2D eigenvalue weighted by Crippen LogP contribution is 2.22. The third kappa shape index (κ3) is 8.55. The number of carbonyl (C=O) groups is 3. The second-order valence-electron chi connectivity index (χ2n) is 10.1. The molecule has 8 heteroatoms. The van der Waals surface area contributed by atoms with Crippen molar-refractivity contribution in [3.8, 4) is 5.75 Å². The molecule has 2 N–H and O–H groups in total. The first-order valence-electron chi connectivity index (χ1n) is 14.5. The van der Waals surface area contributed by atoms with E-state index < -0.39 is 12.0 Å². The fraction of sp³-hybridized carbons (Fsp3) is 0.108. The van der Waals surface area contributed by atoms with Crippen LogP contribution in [0.2, 0.25) is 0 Å². The average Bonchev–Trinajstić information content (AvgIpc) is 3.61. The quantitative estimate of drug-likeness (QED) is 0.101. The number of nitrogens with zero attached hydrogens (tertiary/aromatic N) is 1. The maximum atomic E-state index is 13.1. The van der Waals surface area contributed by atoms with Crippen molar-refractivity contribution in [1.29, 1.82) is 0 Å². The first kappa shape index (κ1) is 31.0. The number of hydrogen-bond donors (Lipinski definition) is 2. The summed E-state index contributed by atoms with van der Waals surface area (Å²) >= 11 is 1.56. The largest absolute Gasteiger partial charge is 0.492 e. The van der Waals surface area contributed by atoms with E-state index in [1.54, 1.807) is 83.0 Å². The van der Waals surface area contributed by atoms with Gasteiger partial charge in [0.1, 0.15) is 18.4 Å². The Hall–Kier alpha value is -5.47. The van der Waals surface area contributed by atoms with E-state index in [1.165, 1.54) is 0 Å². The van der Waals surface area contributed by atoms with Crippen molar-refractivity contribution in [3.05, 3.63) is 154 Å². The average molecular weight is 617 g/mol. The second-order valence-corrected chi connectivity index (χ2v) is 11.1. The molecule has 1 heterocycles. The molecule has 7 nitrogen and oxygen atoms in total. The number of ketones is 1. The molecule has 0 unspecified atom stereocenters. The zero-order chi connectivity index (χ0) is 31.4. The van der Waals surface area contributed by atoms with Crippen molar-refractivity contribution < 1.29 is 24.2 Å². The van der Waals surface area contributed by atoms with Gasteiger partial charge in [-0.3, -0.25) is 9.59 Å².